The number of nitrogens with one attached hydrogen (secondary N) is 2. The second-order valence-corrected chi connectivity index (χ2v) is 9.16. The minimum Gasteiger partial charge on any atom is -0.354 e. The van der Waals surface area contributed by atoms with Gasteiger partial charge in [0.1, 0.15) is 5.01 Å². The Morgan fingerprint density at radius 3 is 2.37 bits per heavy atom. The van der Waals surface area contributed by atoms with Crippen molar-refractivity contribution in [2.45, 2.75) is 44.8 Å². The van der Waals surface area contributed by atoms with Crippen LogP contribution in [0.25, 0.3) is 0 Å². The van der Waals surface area contributed by atoms with E-state index in [1.165, 1.54) is 0 Å². The highest BCUT2D eigenvalue weighted by Crippen LogP contribution is 2.28. The molecular formula is C14H23F3IN5O2S2. The highest BCUT2D eigenvalue weighted by Gasteiger charge is 2.50. The Balaban J connectivity index is 0.00000364. The predicted molar refractivity (Wildman–Crippen MR) is 110 cm³/mol. The van der Waals surface area contributed by atoms with Gasteiger partial charge in [-0.25, -0.2) is 13.4 Å². The number of aryl methyl sites for hydroxylation is 2. The molecule has 0 saturated carbocycles. The van der Waals surface area contributed by atoms with E-state index in [-0.39, 0.29) is 55.9 Å². The molecule has 2 rings (SSSR count). The fraction of sp³-hybridized carbons (Fsp3) is 0.714. The van der Waals surface area contributed by atoms with Crippen LogP contribution in [-0.2, 0) is 16.6 Å². The van der Waals surface area contributed by atoms with Crippen LogP contribution in [0.1, 0.15) is 28.4 Å². The zero-order valence-electron chi connectivity index (χ0n) is 15.1. The lowest BCUT2D eigenvalue weighted by Crippen LogP contribution is -2.51. The lowest BCUT2D eigenvalue weighted by atomic mass is 10.1. The normalized spacial score (nSPS) is 17.5. The van der Waals surface area contributed by atoms with E-state index in [2.05, 4.69) is 20.6 Å². The van der Waals surface area contributed by atoms with Gasteiger partial charge in [0.2, 0.25) is 0 Å². The van der Waals surface area contributed by atoms with Crippen molar-refractivity contribution in [1.82, 2.24) is 19.9 Å². The predicted octanol–water partition coefficient (Wildman–Crippen LogP) is 2.36. The Hall–Kier alpha value is -0.670. The number of thiazole rings is 1. The van der Waals surface area contributed by atoms with Crippen LogP contribution in [0.4, 0.5) is 13.2 Å². The quantitative estimate of drug-likeness (QED) is 0.348. The van der Waals surface area contributed by atoms with Crippen LogP contribution in [0, 0.1) is 13.8 Å². The van der Waals surface area contributed by atoms with Gasteiger partial charge in [0.25, 0.3) is 0 Å². The maximum Gasteiger partial charge on any atom is 0.511 e. The first kappa shape index (κ1) is 24.4. The van der Waals surface area contributed by atoms with Crippen molar-refractivity contribution in [3.05, 3.63) is 15.6 Å². The van der Waals surface area contributed by atoms with Crippen molar-refractivity contribution in [3.63, 3.8) is 0 Å². The highest BCUT2D eigenvalue weighted by atomic mass is 127. The molecule has 0 aromatic carbocycles. The largest absolute Gasteiger partial charge is 0.511 e. The first-order chi connectivity index (χ1) is 12.0. The number of hydrogen-bond acceptors (Lipinski definition) is 5. The fourth-order valence-corrected chi connectivity index (χ4v) is 4.41. The van der Waals surface area contributed by atoms with Crippen molar-refractivity contribution < 1.29 is 21.6 Å². The summed E-state index contributed by atoms with van der Waals surface area (Å²) in [6, 6.07) is -0.152. The summed E-state index contributed by atoms with van der Waals surface area (Å²) in [5, 5.41) is 7.15. The van der Waals surface area contributed by atoms with Crippen LogP contribution in [0.3, 0.4) is 0 Å². The molecule has 0 amide bonds. The Labute approximate surface area is 177 Å². The number of nitrogens with zero attached hydrogens (tertiary/aromatic N) is 3. The molecule has 2 heterocycles. The van der Waals surface area contributed by atoms with Crippen LogP contribution >= 0.6 is 35.3 Å². The summed E-state index contributed by atoms with van der Waals surface area (Å²) < 4.78 is 61.1. The Morgan fingerprint density at radius 1 is 1.33 bits per heavy atom. The number of aliphatic imine (C=N–C) groups is 1. The summed E-state index contributed by atoms with van der Waals surface area (Å²) in [4.78, 5) is 9.65. The summed E-state index contributed by atoms with van der Waals surface area (Å²) in [7, 11) is -3.66. The zero-order chi connectivity index (χ0) is 19.5. The van der Waals surface area contributed by atoms with Crippen molar-refractivity contribution in [3.8, 4) is 0 Å². The molecule has 1 saturated heterocycles. The highest BCUT2D eigenvalue weighted by molar-refractivity contribution is 14.0. The molecule has 1 aliphatic rings. The van der Waals surface area contributed by atoms with Gasteiger partial charge in [-0.2, -0.15) is 17.5 Å². The van der Waals surface area contributed by atoms with E-state index < -0.39 is 15.5 Å². The molecule has 2 N–H and O–H groups in total. The molecule has 1 aromatic heterocycles. The molecule has 156 valence electrons. The van der Waals surface area contributed by atoms with Gasteiger partial charge < -0.3 is 10.6 Å². The number of hydrogen-bond donors (Lipinski definition) is 2. The first-order valence-electron chi connectivity index (χ1n) is 8.01. The van der Waals surface area contributed by atoms with Crippen LogP contribution < -0.4 is 10.6 Å². The molecule has 0 spiro atoms. The van der Waals surface area contributed by atoms with Crippen molar-refractivity contribution in [1.29, 1.82) is 0 Å². The van der Waals surface area contributed by atoms with E-state index in [0.717, 1.165) is 15.6 Å². The van der Waals surface area contributed by atoms with Gasteiger partial charge in [0.15, 0.2) is 5.96 Å². The molecule has 0 unspecified atom stereocenters. The van der Waals surface area contributed by atoms with Gasteiger partial charge in [-0.05, 0) is 26.7 Å². The number of piperidine rings is 1. The van der Waals surface area contributed by atoms with Crippen molar-refractivity contribution >= 4 is 51.3 Å². The van der Waals surface area contributed by atoms with Crippen LogP contribution in [0.15, 0.2) is 4.99 Å². The standard InChI is InChI=1S/C14H22F3N5O2S2.HI/c1-9-10(2)25-12(20-9)8-19-13(18-3)21-11-4-6-22(7-5-11)26(23,24)14(15,16)17;/h11H,4-8H2,1-3H3,(H2,18,19,21);1H. The number of sulfonamides is 1. The molecule has 1 aromatic rings. The van der Waals surface area contributed by atoms with E-state index in [1.807, 2.05) is 13.8 Å². The smallest absolute Gasteiger partial charge is 0.354 e. The van der Waals surface area contributed by atoms with Crippen LogP contribution in [0.2, 0.25) is 0 Å². The minimum absolute atomic E-state index is 0. The van der Waals surface area contributed by atoms with Gasteiger partial charge >= 0.3 is 15.5 Å². The summed E-state index contributed by atoms with van der Waals surface area (Å²) in [6.45, 7) is 4.06. The minimum atomic E-state index is -5.26. The number of aromatic nitrogens is 1. The Bertz CT molecular complexity index is 740. The Kier molecular flexibility index (Phi) is 8.75. The summed E-state index contributed by atoms with van der Waals surface area (Å²) in [6.07, 6.45) is 0.539. The molecule has 0 bridgehead atoms. The van der Waals surface area contributed by atoms with Gasteiger partial charge in [-0.15, -0.1) is 35.3 Å². The fourth-order valence-electron chi connectivity index (χ4n) is 2.55. The van der Waals surface area contributed by atoms with Crippen molar-refractivity contribution in [2.24, 2.45) is 4.99 Å². The SMILES string of the molecule is CN=C(NCc1nc(C)c(C)s1)NC1CCN(S(=O)(=O)C(F)(F)F)CC1.I. The molecule has 0 atom stereocenters. The third-order valence-electron chi connectivity index (χ3n) is 4.13. The molecule has 13 heteroatoms. The first-order valence-corrected chi connectivity index (χ1v) is 10.3. The molecule has 1 aliphatic heterocycles. The number of rotatable bonds is 4. The van der Waals surface area contributed by atoms with Crippen molar-refractivity contribution in [2.75, 3.05) is 20.1 Å². The number of guanidine groups is 1. The monoisotopic (exact) mass is 541 g/mol. The average molecular weight is 541 g/mol. The maximum atomic E-state index is 12.6. The maximum absolute atomic E-state index is 12.6. The van der Waals surface area contributed by atoms with Gasteiger partial charge in [-0.3, -0.25) is 4.99 Å². The van der Waals surface area contributed by atoms with Gasteiger partial charge in [0.05, 0.1) is 12.2 Å². The summed E-state index contributed by atoms with van der Waals surface area (Å²) in [5.74, 6) is 0.507. The molecular weight excluding hydrogens is 518 g/mol. The molecule has 0 aliphatic carbocycles. The van der Waals surface area contributed by atoms with Gasteiger partial charge in [0, 0.05) is 31.1 Å². The average Bonchev–Trinajstić information content (AvgIpc) is 2.89. The molecule has 0 radical (unpaired) electrons. The summed E-state index contributed by atoms with van der Waals surface area (Å²) in [5.41, 5.74) is -4.28. The third-order valence-corrected chi connectivity index (χ3v) is 6.83. The van der Waals surface area contributed by atoms with E-state index >= 15 is 0 Å². The lowest BCUT2D eigenvalue weighted by molar-refractivity contribution is -0.0494. The second kappa shape index (κ2) is 9.69. The Morgan fingerprint density at radius 2 is 1.93 bits per heavy atom. The number of alkyl halides is 3. The van der Waals surface area contributed by atoms with Gasteiger partial charge in [-0.1, -0.05) is 0 Å². The molecule has 7 nitrogen and oxygen atoms in total. The van der Waals surface area contributed by atoms with E-state index in [1.54, 1.807) is 18.4 Å². The van der Waals surface area contributed by atoms with Crippen LogP contribution in [0.5, 0.6) is 0 Å². The second-order valence-electron chi connectivity index (χ2n) is 5.94. The molecule has 1 fully saturated rings. The van der Waals surface area contributed by atoms with Crippen LogP contribution in [-0.4, -0.2) is 55.4 Å². The summed E-state index contributed by atoms with van der Waals surface area (Å²) >= 11 is 1.58. The lowest BCUT2D eigenvalue weighted by Gasteiger charge is -2.32. The van der Waals surface area contributed by atoms with E-state index in [0.29, 0.717) is 16.8 Å². The van der Waals surface area contributed by atoms with E-state index in [4.69, 9.17) is 0 Å². The zero-order valence-corrected chi connectivity index (χ0v) is 19.1. The topological polar surface area (TPSA) is 86.7 Å². The number of halogens is 4. The third kappa shape index (κ3) is 6.15. The molecule has 27 heavy (non-hydrogen) atoms. The van der Waals surface area contributed by atoms with E-state index in [9.17, 15) is 21.6 Å².